The predicted molar refractivity (Wildman–Crippen MR) is 104 cm³/mol. The normalized spacial score (nSPS) is 40.0. The van der Waals surface area contributed by atoms with Crippen LogP contribution in [-0.4, -0.2) is 55.4 Å². The maximum absolute atomic E-state index is 13.6. The lowest BCUT2D eigenvalue weighted by Crippen LogP contribution is -2.58. The minimum absolute atomic E-state index is 0.0245. The summed E-state index contributed by atoms with van der Waals surface area (Å²) >= 11 is 0. The van der Waals surface area contributed by atoms with Crippen molar-refractivity contribution in [3.63, 3.8) is 0 Å². The van der Waals surface area contributed by atoms with Gasteiger partial charge in [-0.1, -0.05) is 30.3 Å². The molecule has 0 spiro atoms. The van der Waals surface area contributed by atoms with Gasteiger partial charge in [0.2, 0.25) is 0 Å². The van der Waals surface area contributed by atoms with Gasteiger partial charge in [-0.05, 0) is 68.4 Å². The van der Waals surface area contributed by atoms with Gasteiger partial charge in [0, 0.05) is 31.6 Å². The zero-order valence-corrected chi connectivity index (χ0v) is 16.1. The number of nitrogens with zero attached hydrogens (tertiary/aromatic N) is 2. The molecule has 3 heteroatoms. The number of benzene rings is 1. The minimum Gasteiger partial charge on any atom is -0.304 e. The Labute approximate surface area is 157 Å². The number of piperazine rings is 1. The van der Waals surface area contributed by atoms with Gasteiger partial charge in [-0.2, -0.15) is 0 Å². The van der Waals surface area contributed by atoms with Crippen LogP contribution in [0.15, 0.2) is 30.3 Å². The number of carbonyl (C=O) groups is 1. The monoisotopic (exact) mass is 352 g/mol. The van der Waals surface area contributed by atoms with Crippen molar-refractivity contribution in [3.05, 3.63) is 35.9 Å². The summed E-state index contributed by atoms with van der Waals surface area (Å²) in [7, 11) is 2.18. The molecule has 5 fully saturated rings. The first kappa shape index (κ1) is 16.9. The summed E-state index contributed by atoms with van der Waals surface area (Å²) in [5, 5.41) is 0. The molecule has 0 N–H and O–H groups in total. The van der Waals surface area contributed by atoms with Crippen molar-refractivity contribution < 1.29 is 4.79 Å². The topological polar surface area (TPSA) is 23.6 Å². The summed E-state index contributed by atoms with van der Waals surface area (Å²) in [6.45, 7) is 4.99. The van der Waals surface area contributed by atoms with Crippen molar-refractivity contribution in [2.45, 2.75) is 43.9 Å². The fourth-order valence-electron chi connectivity index (χ4n) is 7.10. The Bertz CT molecular complexity index is 663. The third-order valence-electron chi connectivity index (χ3n) is 8.00. The predicted octanol–water partition coefficient (Wildman–Crippen LogP) is 3.34. The van der Waals surface area contributed by atoms with Gasteiger partial charge in [-0.25, -0.2) is 0 Å². The van der Waals surface area contributed by atoms with Gasteiger partial charge >= 0.3 is 0 Å². The highest BCUT2D eigenvalue weighted by atomic mass is 16.1. The molecule has 1 heterocycles. The molecule has 0 unspecified atom stereocenters. The van der Waals surface area contributed by atoms with E-state index in [1.807, 2.05) is 0 Å². The highest BCUT2D eigenvalue weighted by Crippen LogP contribution is 2.66. The molecule has 6 rings (SSSR count). The minimum atomic E-state index is -0.0245. The van der Waals surface area contributed by atoms with Crippen molar-refractivity contribution >= 4 is 5.78 Å². The number of ketones is 1. The van der Waals surface area contributed by atoms with Crippen LogP contribution in [0.25, 0.3) is 0 Å². The van der Waals surface area contributed by atoms with Gasteiger partial charge in [0.05, 0.1) is 6.54 Å². The third kappa shape index (κ3) is 2.75. The average Bonchev–Trinajstić information content (AvgIpc) is 2.63. The van der Waals surface area contributed by atoms with E-state index in [0.717, 1.165) is 44.4 Å². The Morgan fingerprint density at radius 3 is 2.31 bits per heavy atom. The van der Waals surface area contributed by atoms with E-state index in [2.05, 4.69) is 47.2 Å². The molecule has 0 amide bonds. The van der Waals surface area contributed by atoms with E-state index in [1.54, 1.807) is 0 Å². The molecule has 3 nitrogen and oxygen atoms in total. The molecule has 0 radical (unpaired) electrons. The Kier molecular flexibility index (Phi) is 4.02. The van der Waals surface area contributed by atoms with Crippen LogP contribution in [0.1, 0.15) is 44.1 Å². The fourth-order valence-corrected chi connectivity index (χ4v) is 7.10. The number of likely N-dealkylation sites (N-methyl/N-ethyl adjacent to an activating group) is 1. The van der Waals surface area contributed by atoms with Crippen molar-refractivity contribution in [1.29, 1.82) is 0 Å². The lowest BCUT2D eigenvalue weighted by Gasteiger charge is -2.62. The molecule has 4 saturated carbocycles. The van der Waals surface area contributed by atoms with Crippen LogP contribution in [0.3, 0.4) is 0 Å². The van der Waals surface area contributed by atoms with Gasteiger partial charge in [-0.3, -0.25) is 9.69 Å². The van der Waals surface area contributed by atoms with E-state index in [4.69, 9.17) is 0 Å². The van der Waals surface area contributed by atoms with Crippen LogP contribution in [-0.2, 0) is 10.2 Å². The summed E-state index contributed by atoms with van der Waals surface area (Å²) in [5.74, 6) is 2.11. The van der Waals surface area contributed by atoms with Crippen molar-refractivity contribution in [2.75, 3.05) is 39.8 Å². The van der Waals surface area contributed by atoms with Crippen molar-refractivity contribution in [1.82, 2.24) is 9.80 Å². The highest BCUT2D eigenvalue weighted by molar-refractivity contribution is 5.87. The van der Waals surface area contributed by atoms with Crippen LogP contribution >= 0.6 is 0 Å². The van der Waals surface area contributed by atoms with Crippen LogP contribution < -0.4 is 0 Å². The van der Waals surface area contributed by atoms with E-state index in [-0.39, 0.29) is 10.8 Å². The Balaban J connectivity index is 1.39. The summed E-state index contributed by atoms with van der Waals surface area (Å²) in [4.78, 5) is 18.3. The van der Waals surface area contributed by atoms with Crippen LogP contribution in [0.2, 0.25) is 0 Å². The van der Waals surface area contributed by atoms with Gasteiger partial charge in [0.1, 0.15) is 0 Å². The second-order valence-electron chi connectivity index (χ2n) is 9.89. The zero-order valence-electron chi connectivity index (χ0n) is 16.1. The quantitative estimate of drug-likeness (QED) is 0.830. The van der Waals surface area contributed by atoms with Gasteiger partial charge in [0.15, 0.2) is 5.78 Å². The lowest BCUT2D eigenvalue weighted by molar-refractivity contribution is -0.148. The third-order valence-corrected chi connectivity index (χ3v) is 8.00. The summed E-state index contributed by atoms with van der Waals surface area (Å²) in [6, 6.07) is 11.1. The Hall–Kier alpha value is -1.19. The maximum Gasteiger partial charge on any atom is 0.153 e. The molecule has 1 aromatic carbocycles. The molecule has 4 aliphatic carbocycles. The van der Waals surface area contributed by atoms with Gasteiger partial charge in [-0.15, -0.1) is 0 Å². The van der Waals surface area contributed by atoms with Crippen molar-refractivity contribution in [3.8, 4) is 0 Å². The van der Waals surface area contributed by atoms with E-state index in [9.17, 15) is 4.79 Å². The first-order valence-electron chi connectivity index (χ1n) is 10.6. The lowest BCUT2D eigenvalue weighted by atomic mass is 9.42. The first-order valence-corrected chi connectivity index (χ1v) is 10.6. The summed E-state index contributed by atoms with van der Waals surface area (Å²) in [6.07, 6.45) is 7.46. The van der Waals surface area contributed by atoms with Crippen molar-refractivity contribution in [2.24, 2.45) is 17.3 Å². The van der Waals surface area contributed by atoms with E-state index in [0.29, 0.717) is 12.3 Å². The molecule has 1 aromatic rings. The standard InChI is InChI=1S/C23H32N2O/c1-24-7-9-25(10-8-24)16-21(26)23-14-18-11-19(15-23)13-22(12-18,17-23)20-5-3-2-4-6-20/h2-6,18-19H,7-17H2,1H3/t18-,19-,22?,23?/m0/s1. The second kappa shape index (κ2) is 6.17. The van der Waals surface area contributed by atoms with Gasteiger partial charge in [0.25, 0.3) is 0 Å². The summed E-state index contributed by atoms with van der Waals surface area (Å²) in [5.41, 5.74) is 1.76. The fraction of sp³-hybridized carbons (Fsp3) is 0.696. The summed E-state index contributed by atoms with van der Waals surface area (Å²) < 4.78 is 0. The zero-order chi connectivity index (χ0) is 17.8. The highest BCUT2D eigenvalue weighted by Gasteiger charge is 2.60. The largest absolute Gasteiger partial charge is 0.304 e. The maximum atomic E-state index is 13.6. The molecule has 1 saturated heterocycles. The van der Waals surface area contributed by atoms with E-state index in [1.165, 1.54) is 37.7 Å². The second-order valence-corrected chi connectivity index (χ2v) is 9.89. The Morgan fingerprint density at radius 2 is 1.65 bits per heavy atom. The molecule has 140 valence electrons. The Morgan fingerprint density at radius 1 is 1.00 bits per heavy atom. The average molecular weight is 353 g/mol. The van der Waals surface area contributed by atoms with Crippen LogP contribution in [0.5, 0.6) is 0 Å². The molecule has 2 atom stereocenters. The first-order chi connectivity index (χ1) is 12.6. The molecule has 4 bridgehead atoms. The number of carbonyl (C=O) groups excluding carboxylic acids is 1. The molecule has 0 aromatic heterocycles. The molecular weight excluding hydrogens is 320 g/mol. The molecular formula is C23H32N2O. The molecule has 5 aliphatic rings. The smallest absolute Gasteiger partial charge is 0.153 e. The number of hydrogen-bond donors (Lipinski definition) is 0. The number of rotatable bonds is 4. The van der Waals surface area contributed by atoms with Gasteiger partial charge < -0.3 is 4.90 Å². The molecule has 1 aliphatic heterocycles. The van der Waals surface area contributed by atoms with Crippen LogP contribution in [0.4, 0.5) is 0 Å². The van der Waals surface area contributed by atoms with E-state index >= 15 is 0 Å². The van der Waals surface area contributed by atoms with Crippen LogP contribution in [0, 0.1) is 17.3 Å². The number of hydrogen-bond acceptors (Lipinski definition) is 3. The number of Topliss-reactive ketones (excluding diaryl/α,β-unsaturated/α-hetero) is 1. The SMILES string of the molecule is CN1CCN(CC(=O)C23C[C@H]4C[C@H](C2)CC(c2ccccc2)(C4)C3)CC1. The van der Waals surface area contributed by atoms with E-state index < -0.39 is 0 Å². The molecule has 26 heavy (non-hydrogen) atoms.